The predicted octanol–water partition coefficient (Wildman–Crippen LogP) is 2.57. The highest BCUT2D eigenvalue weighted by Gasteiger charge is 2.36. The minimum Gasteiger partial charge on any atom is -0.199 e. The number of rotatable bonds is 2. The molecule has 0 aromatic heterocycles. The summed E-state index contributed by atoms with van der Waals surface area (Å²) in [6, 6.07) is 6.50. The van der Waals surface area contributed by atoms with Crippen molar-refractivity contribution in [3.8, 4) is 0 Å². The zero-order valence-electron chi connectivity index (χ0n) is 7.57. The van der Waals surface area contributed by atoms with E-state index < -0.39 is 21.4 Å². The van der Waals surface area contributed by atoms with Crippen molar-refractivity contribution in [3.63, 3.8) is 0 Å². The van der Waals surface area contributed by atoms with E-state index in [2.05, 4.69) is 4.40 Å². The van der Waals surface area contributed by atoms with E-state index in [1.54, 1.807) is 0 Å². The topological polar surface area (TPSA) is 46.5 Å². The quantitative estimate of drug-likeness (QED) is 0.776. The van der Waals surface area contributed by atoms with Crippen LogP contribution in [-0.2, 0) is 10.0 Å². The van der Waals surface area contributed by atoms with Crippen molar-refractivity contribution in [1.29, 1.82) is 0 Å². The maximum atomic E-state index is 12.0. The molecule has 0 unspecified atom stereocenters. The van der Waals surface area contributed by atoms with E-state index >= 15 is 0 Å². The molecular weight excluding hydrogens is 267 g/mol. The Bertz CT molecular complexity index is 496. The van der Waals surface area contributed by atoms with Gasteiger partial charge in [-0.3, -0.25) is 0 Å². The van der Waals surface area contributed by atoms with Crippen molar-refractivity contribution in [1.82, 2.24) is 0 Å². The highest BCUT2D eigenvalue weighted by molar-refractivity contribution is 7.90. The van der Waals surface area contributed by atoms with E-state index in [0.29, 0.717) is 0 Å². The van der Waals surface area contributed by atoms with Crippen molar-refractivity contribution in [2.75, 3.05) is 0 Å². The fraction of sp³-hybridized carbons (Fsp3) is 0.125. The number of hydrogen-bond acceptors (Lipinski definition) is 2. The first-order valence-electron chi connectivity index (χ1n) is 3.86. The summed E-state index contributed by atoms with van der Waals surface area (Å²) in [6.45, 7) is 0. The van der Waals surface area contributed by atoms with Gasteiger partial charge in [0.25, 0.3) is 10.0 Å². The molecule has 0 atom stereocenters. The van der Waals surface area contributed by atoms with Gasteiger partial charge in [0.15, 0.2) is 0 Å². The van der Waals surface area contributed by atoms with E-state index in [9.17, 15) is 21.6 Å². The summed E-state index contributed by atoms with van der Waals surface area (Å²) < 4.78 is 61.0. The van der Waals surface area contributed by atoms with Gasteiger partial charge < -0.3 is 0 Å². The average Bonchev–Trinajstić information content (AvgIpc) is 2.17. The molecule has 0 spiro atoms. The highest BCUT2D eigenvalue weighted by atomic mass is 35.5. The summed E-state index contributed by atoms with van der Waals surface area (Å²) in [5.41, 5.74) is 0. The minimum atomic E-state index is -4.97. The molecule has 8 heteroatoms. The molecule has 0 bridgehead atoms. The lowest BCUT2D eigenvalue weighted by molar-refractivity contribution is -0.0557. The standard InChI is InChI=1S/C8H5ClF3NO2S/c9-7(8(10,11)12)13-16(14,15)6-4-2-1-3-5-6/h1-5H. The normalized spacial score (nSPS) is 13.9. The van der Waals surface area contributed by atoms with Crippen LogP contribution in [0.5, 0.6) is 0 Å². The van der Waals surface area contributed by atoms with Crippen molar-refractivity contribution >= 4 is 26.8 Å². The van der Waals surface area contributed by atoms with Gasteiger partial charge in [-0.15, -0.1) is 4.40 Å². The first kappa shape index (κ1) is 13.0. The predicted molar refractivity (Wildman–Crippen MR) is 53.0 cm³/mol. The highest BCUT2D eigenvalue weighted by Crippen LogP contribution is 2.22. The number of hydrogen-bond donors (Lipinski definition) is 0. The monoisotopic (exact) mass is 271 g/mol. The van der Waals surface area contributed by atoms with Crippen LogP contribution >= 0.6 is 11.6 Å². The van der Waals surface area contributed by atoms with E-state index in [-0.39, 0.29) is 4.90 Å². The maximum absolute atomic E-state index is 12.0. The largest absolute Gasteiger partial charge is 0.445 e. The van der Waals surface area contributed by atoms with Crippen molar-refractivity contribution in [2.45, 2.75) is 11.1 Å². The van der Waals surface area contributed by atoms with Crippen LogP contribution in [0.3, 0.4) is 0 Å². The third kappa shape index (κ3) is 3.21. The van der Waals surface area contributed by atoms with Gasteiger partial charge in [0, 0.05) is 0 Å². The molecule has 0 N–H and O–H groups in total. The van der Waals surface area contributed by atoms with Gasteiger partial charge in [0.1, 0.15) is 0 Å². The molecule has 0 amide bonds. The minimum absolute atomic E-state index is 0.350. The summed E-state index contributed by atoms with van der Waals surface area (Å²) in [7, 11) is -4.41. The van der Waals surface area contributed by atoms with Crippen LogP contribution in [0.4, 0.5) is 13.2 Å². The lowest BCUT2D eigenvalue weighted by Crippen LogP contribution is -2.18. The summed E-state index contributed by atoms with van der Waals surface area (Å²) in [5.74, 6) is 0. The lowest BCUT2D eigenvalue weighted by atomic mass is 10.4. The third-order valence-corrected chi connectivity index (χ3v) is 3.17. The van der Waals surface area contributed by atoms with Gasteiger partial charge in [-0.05, 0) is 12.1 Å². The molecule has 0 fully saturated rings. The first-order chi connectivity index (χ1) is 7.23. The Balaban J connectivity index is 3.16. The zero-order valence-corrected chi connectivity index (χ0v) is 9.14. The van der Waals surface area contributed by atoms with Gasteiger partial charge in [0.05, 0.1) is 4.90 Å². The molecular formula is C8H5ClF3NO2S. The van der Waals surface area contributed by atoms with E-state index in [4.69, 9.17) is 11.6 Å². The molecule has 0 saturated carbocycles. The Morgan fingerprint density at radius 1 is 1.19 bits per heavy atom. The summed E-state index contributed by atoms with van der Waals surface area (Å²) in [5, 5.41) is -1.92. The Labute approximate surface area is 94.6 Å². The van der Waals surface area contributed by atoms with Crippen molar-refractivity contribution in [2.24, 2.45) is 4.40 Å². The molecule has 88 valence electrons. The van der Waals surface area contributed by atoms with Crippen LogP contribution in [0, 0.1) is 0 Å². The molecule has 1 aromatic rings. The van der Waals surface area contributed by atoms with Crippen LogP contribution in [-0.4, -0.2) is 19.8 Å². The molecule has 3 nitrogen and oxygen atoms in total. The molecule has 0 radical (unpaired) electrons. The van der Waals surface area contributed by atoms with Gasteiger partial charge in [0.2, 0.25) is 5.17 Å². The number of alkyl halides is 3. The Morgan fingerprint density at radius 3 is 2.12 bits per heavy atom. The Morgan fingerprint density at radius 2 is 1.69 bits per heavy atom. The van der Waals surface area contributed by atoms with Crippen LogP contribution in [0.25, 0.3) is 0 Å². The molecule has 1 aromatic carbocycles. The second kappa shape index (κ2) is 4.42. The number of halogens is 4. The molecule has 1 rings (SSSR count). The second-order valence-electron chi connectivity index (χ2n) is 2.67. The summed E-state index contributed by atoms with van der Waals surface area (Å²) in [4.78, 5) is -0.350. The van der Waals surface area contributed by atoms with Crippen molar-refractivity contribution in [3.05, 3.63) is 30.3 Å². The van der Waals surface area contributed by atoms with Crippen LogP contribution in [0.15, 0.2) is 39.6 Å². The number of nitrogens with zero attached hydrogens (tertiary/aromatic N) is 1. The SMILES string of the molecule is O=S(=O)(N=C(Cl)C(F)(F)F)c1ccccc1. The maximum Gasteiger partial charge on any atom is 0.445 e. The number of sulfonamides is 1. The van der Waals surface area contributed by atoms with E-state index in [1.807, 2.05) is 0 Å². The molecule has 16 heavy (non-hydrogen) atoms. The summed E-state index contributed by atoms with van der Waals surface area (Å²) >= 11 is 4.74. The fourth-order valence-corrected chi connectivity index (χ4v) is 2.00. The molecule has 0 saturated heterocycles. The lowest BCUT2D eigenvalue weighted by Gasteiger charge is -2.03. The first-order valence-corrected chi connectivity index (χ1v) is 5.68. The summed E-state index contributed by atoms with van der Waals surface area (Å²) in [6.07, 6.45) is -4.97. The Kier molecular flexibility index (Phi) is 3.59. The smallest absolute Gasteiger partial charge is 0.199 e. The second-order valence-corrected chi connectivity index (χ2v) is 4.63. The third-order valence-electron chi connectivity index (χ3n) is 1.48. The molecule has 0 aliphatic rings. The molecule has 0 heterocycles. The van der Waals surface area contributed by atoms with Crippen LogP contribution in [0.1, 0.15) is 0 Å². The Hall–Kier alpha value is -1.08. The van der Waals surface area contributed by atoms with Gasteiger partial charge in [-0.2, -0.15) is 21.6 Å². The van der Waals surface area contributed by atoms with Crippen molar-refractivity contribution < 1.29 is 21.6 Å². The number of benzene rings is 1. The molecule has 0 aliphatic heterocycles. The van der Waals surface area contributed by atoms with Crippen LogP contribution in [0.2, 0.25) is 0 Å². The average molecular weight is 272 g/mol. The van der Waals surface area contributed by atoms with Crippen LogP contribution < -0.4 is 0 Å². The fourth-order valence-electron chi connectivity index (χ4n) is 0.802. The van der Waals surface area contributed by atoms with E-state index in [1.165, 1.54) is 18.2 Å². The van der Waals surface area contributed by atoms with E-state index in [0.717, 1.165) is 12.1 Å². The van der Waals surface area contributed by atoms with Gasteiger partial charge >= 0.3 is 6.18 Å². The van der Waals surface area contributed by atoms with Gasteiger partial charge in [-0.1, -0.05) is 29.8 Å². The van der Waals surface area contributed by atoms with Gasteiger partial charge in [-0.25, -0.2) is 0 Å². The molecule has 0 aliphatic carbocycles. The zero-order chi connectivity index (χ0) is 12.4.